The minimum Gasteiger partial charge on any atom is -0.300 e. The summed E-state index contributed by atoms with van der Waals surface area (Å²) in [6.45, 7) is 6.35. The van der Waals surface area contributed by atoms with Crippen LogP contribution in [0.15, 0.2) is 29.4 Å². The van der Waals surface area contributed by atoms with Crippen LogP contribution in [0.4, 0.5) is 10.1 Å². The van der Waals surface area contributed by atoms with Gasteiger partial charge in [0.1, 0.15) is 11.6 Å². The molecule has 1 aliphatic heterocycles. The Morgan fingerprint density at radius 1 is 1.10 bits per heavy atom. The molecule has 1 heterocycles. The minimum absolute atomic E-state index is 0.00474. The summed E-state index contributed by atoms with van der Waals surface area (Å²) in [4.78, 5) is 25.4. The third-order valence-corrected chi connectivity index (χ3v) is 9.17. The van der Waals surface area contributed by atoms with Gasteiger partial charge in [0.05, 0.1) is 5.69 Å². The summed E-state index contributed by atoms with van der Waals surface area (Å²) < 4.78 is 13.3. The van der Waals surface area contributed by atoms with Crippen LogP contribution < -0.4 is 5.01 Å². The van der Waals surface area contributed by atoms with E-state index in [1.54, 1.807) is 19.1 Å². The van der Waals surface area contributed by atoms with Crippen molar-refractivity contribution in [1.29, 1.82) is 0 Å². The van der Waals surface area contributed by atoms with Crippen molar-refractivity contribution >= 4 is 23.1 Å². The molecule has 0 saturated heterocycles. The van der Waals surface area contributed by atoms with Crippen molar-refractivity contribution in [3.8, 4) is 0 Å². The van der Waals surface area contributed by atoms with Gasteiger partial charge in [0.2, 0.25) is 5.91 Å². The molecule has 1 amide bonds. The Balaban J connectivity index is 1.46. The number of amides is 1. The summed E-state index contributed by atoms with van der Waals surface area (Å²) in [6.07, 6.45) is 6.76. The van der Waals surface area contributed by atoms with Gasteiger partial charge in [0.25, 0.3) is 0 Å². The summed E-state index contributed by atoms with van der Waals surface area (Å²) in [5.41, 5.74) is 1.68. The summed E-state index contributed by atoms with van der Waals surface area (Å²) in [5.74, 6) is 1.84. The number of fused-ring (bicyclic) bond motifs is 5. The molecular formula is C25H31FN2O2. The molecule has 0 unspecified atom stereocenters. The molecule has 0 aromatic heterocycles. The van der Waals surface area contributed by atoms with E-state index in [0.29, 0.717) is 35.6 Å². The molecule has 3 saturated carbocycles. The van der Waals surface area contributed by atoms with Gasteiger partial charge in [-0.25, -0.2) is 9.40 Å². The average molecular weight is 411 g/mol. The number of hydrogen-bond acceptors (Lipinski definition) is 3. The van der Waals surface area contributed by atoms with Gasteiger partial charge in [-0.05, 0) is 92.9 Å². The van der Waals surface area contributed by atoms with Gasteiger partial charge in [-0.1, -0.05) is 13.8 Å². The Hall–Kier alpha value is -2.04. The Bertz CT molecular complexity index is 926. The number of Topliss-reactive ketones (excluding diaryl/α,β-unsaturated/α-hetero) is 1. The highest BCUT2D eigenvalue weighted by molar-refractivity contribution is 6.05. The minimum atomic E-state index is -0.313. The van der Waals surface area contributed by atoms with E-state index in [9.17, 15) is 14.0 Å². The maximum Gasteiger partial charge on any atom is 0.248 e. The fourth-order valence-electron chi connectivity index (χ4n) is 7.70. The molecule has 3 aliphatic carbocycles. The van der Waals surface area contributed by atoms with Crippen molar-refractivity contribution in [3.05, 3.63) is 30.1 Å². The third kappa shape index (κ3) is 2.73. The van der Waals surface area contributed by atoms with E-state index in [1.165, 1.54) is 17.1 Å². The van der Waals surface area contributed by atoms with Crippen LogP contribution >= 0.6 is 0 Å². The molecule has 30 heavy (non-hydrogen) atoms. The first-order valence-electron chi connectivity index (χ1n) is 11.4. The first kappa shape index (κ1) is 19.9. The van der Waals surface area contributed by atoms with Gasteiger partial charge in [-0.2, -0.15) is 5.10 Å². The van der Waals surface area contributed by atoms with E-state index >= 15 is 0 Å². The van der Waals surface area contributed by atoms with Crippen molar-refractivity contribution in [2.24, 2.45) is 39.6 Å². The second-order valence-electron chi connectivity index (χ2n) is 10.5. The standard InChI is InChI=1S/C25H31FN2O2/c1-15(29)19-9-10-20-18-8-11-22-25(3,21(18)12-13-24(19,20)2)14-23(30)28(27-22)17-6-4-16(26)5-7-17/h4-7,18-21H,8-14H2,1-3H3/t18-,19+,20-,21-,24+,25+/m0/s1. The summed E-state index contributed by atoms with van der Waals surface area (Å²) in [5, 5.41) is 6.29. The summed E-state index contributed by atoms with van der Waals surface area (Å²) in [7, 11) is 0. The Morgan fingerprint density at radius 3 is 2.53 bits per heavy atom. The number of hydrogen-bond donors (Lipinski definition) is 0. The van der Waals surface area contributed by atoms with Crippen LogP contribution in [0.1, 0.15) is 65.7 Å². The number of rotatable bonds is 2. The van der Waals surface area contributed by atoms with Crippen LogP contribution in [0.5, 0.6) is 0 Å². The van der Waals surface area contributed by atoms with E-state index in [1.807, 2.05) is 0 Å². The molecular weight excluding hydrogens is 379 g/mol. The number of nitrogens with zero attached hydrogens (tertiary/aromatic N) is 2. The molecule has 160 valence electrons. The van der Waals surface area contributed by atoms with Gasteiger partial charge in [0, 0.05) is 23.5 Å². The lowest BCUT2D eigenvalue weighted by atomic mass is 9.48. The zero-order chi connectivity index (χ0) is 21.3. The van der Waals surface area contributed by atoms with Gasteiger partial charge in [-0.3, -0.25) is 9.59 Å². The molecule has 1 aromatic rings. The van der Waals surface area contributed by atoms with Crippen LogP contribution in [-0.2, 0) is 9.59 Å². The van der Waals surface area contributed by atoms with Crippen LogP contribution in [0.3, 0.4) is 0 Å². The number of hydrazone groups is 1. The largest absolute Gasteiger partial charge is 0.300 e. The molecule has 4 aliphatic rings. The zero-order valence-corrected chi connectivity index (χ0v) is 18.2. The Morgan fingerprint density at radius 2 is 1.83 bits per heavy atom. The number of ketones is 1. The van der Waals surface area contributed by atoms with Gasteiger partial charge in [0.15, 0.2) is 0 Å². The summed E-state index contributed by atoms with van der Waals surface area (Å²) >= 11 is 0. The first-order chi connectivity index (χ1) is 14.2. The fraction of sp³-hybridized carbons (Fsp3) is 0.640. The summed E-state index contributed by atoms with van der Waals surface area (Å²) in [6, 6.07) is 6.00. The van der Waals surface area contributed by atoms with Crippen molar-refractivity contribution in [1.82, 2.24) is 0 Å². The van der Waals surface area contributed by atoms with Crippen LogP contribution in [0, 0.1) is 40.3 Å². The van der Waals surface area contributed by atoms with Crippen LogP contribution in [-0.4, -0.2) is 17.4 Å². The predicted octanol–water partition coefficient (Wildman–Crippen LogP) is 5.37. The van der Waals surface area contributed by atoms with Crippen LogP contribution in [0.2, 0.25) is 0 Å². The molecule has 6 atom stereocenters. The topological polar surface area (TPSA) is 49.7 Å². The molecule has 0 radical (unpaired) electrons. The average Bonchev–Trinajstić information content (AvgIpc) is 3.05. The first-order valence-corrected chi connectivity index (χ1v) is 11.4. The van der Waals surface area contributed by atoms with E-state index in [-0.39, 0.29) is 28.5 Å². The quantitative estimate of drug-likeness (QED) is 0.658. The molecule has 5 rings (SSSR count). The van der Waals surface area contributed by atoms with Crippen molar-refractivity contribution < 1.29 is 14.0 Å². The number of carbonyl (C=O) groups excluding carboxylic acids is 2. The lowest BCUT2D eigenvalue weighted by Crippen LogP contribution is -2.56. The lowest BCUT2D eigenvalue weighted by Gasteiger charge is -2.57. The highest BCUT2D eigenvalue weighted by Gasteiger charge is 2.60. The van der Waals surface area contributed by atoms with Gasteiger partial charge in [-0.15, -0.1) is 0 Å². The smallest absolute Gasteiger partial charge is 0.248 e. The normalized spacial score (nSPS) is 40.3. The number of halogens is 1. The van der Waals surface area contributed by atoms with Crippen molar-refractivity contribution in [2.45, 2.75) is 65.7 Å². The van der Waals surface area contributed by atoms with Crippen molar-refractivity contribution in [2.75, 3.05) is 5.01 Å². The monoisotopic (exact) mass is 410 g/mol. The number of benzene rings is 1. The highest BCUT2D eigenvalue weighted by atomic mass is 19.1. The molecule has 1 aromatic carbocycles. The van der Waals surface area contributed by atoms with E-state index < -0.39 is 0 Å². The van der Waals surface area contributed by atoms with Crippen molar-refractivity contribution in [3.63, 3.8) is 0 Å². The van der Waals surface area contributed by atoms with Gasteiger partial charge >= 0.3 is 0 Å². The lowest BCUT2D eigenvalue weighted by molar-refractivity contribution is -0.128. The highest BCUT2D eigenvalue weighted by Crippen LogP contribution is 2.65. The van der Waals surface area contributed by atoms with Crippen LogP contribution in [0.25, 0.3) is 0 Å². The molecule has 0 spiro atoms. The van der Waals surface area contributed by atoms with E-state index in [4.69, 9.17) is 5.10 Å². The Labute approximate surface area is 177 Å². The zero-order valence-electron chi connectivity index (χ0n) is 18.2. The molecule has 0 bridgehead atoms. The Kier molecular flexibility index (Phi) is 4.46. The number of anilines is 1. The van der Waals surface area contributed by atoms with E-state index in [2.05, 4.69) is 13.8 Å². The van der Waals surface area contributed by atoms with Gasteiger partial charge < -0.3 is 0 Å². The molecule has 5 heteroatoms. The number of carbonyl (C=O) groups is 2. The fourth-order valence-corrected chi connectivity index (χ4v) is 7.70. The second kappa shape index (κ2) is 6.73. The second-order valence-corrected chi connectivity index (χ2v) is 10.5. The molecule has 0 N–H and O–H groups in total. The predicted molar refractivity (Wildman–Crippen MR) is 114 cm³/mol. The third-order valence-electron chi connectivity index (χ3n) is 9.17. The maximum absolute atomic E-state index is 13.3. The maximum atomic E-state index is 13.3. The molecule has 4 nitrogen and oxygen atoms in total. The SMILES string of the molecule is CC(=O)[C@H]1CC[C@H]2[C@@H]3CCC4=NN(c5ccc(F)cc5)C(=O)C[C@]4(C)[C@H]3CC[C@]12C. The van der Waals surface area contributed by atoms with E-state index in [0.717, 1.165) is 44.2 Å². The molecule has 3 fully saturated rings.